The molecule has 1 aromatic carbocycles. The van der Waals surface area contributed by atoms with Gasteiger partial charge < -0.3 is 14.5 Å². The second-order valence-electron chi connectivity index (χ2n) is 7.94. The molecule has 1 saturated heterocycles. The zero-order chi connectivity index (χ0) is 19.0. The zero-order valence-electron chi connectivity index (χ0n) is 16.5. The summed E-state index contributed by atoms with van der Waals surface area (Å²) in [6.07, 6.45) is 8.33. The number of hydrogen-bond acceptors (Lipinski definition) is 2. The molecule has 1 N–H and O–H groups in total. The molecule has 3 heterocycles. The van der Waals surface area contributed by atoms with Gasteiger partial charge >= 0.3 is 0 Å². The smallest absolute Gasteiger partial charge is 0.227 e. The summed E-state index contributed by atoms with van der Waals surface area (Å²) in [6.45, 7) is 9.05. The molecule has 27 heavy (non-hydrogen) atoms. The summed E-state index contributed by atoms with van der Waals surface area (Å²) in [5.74, 6) is 0.879. The van der Waals surface area contributed by atoms with Gasteiger partial charge in [0.15, 0.2) is 0 Å². The summed E-state index contributed by atoms with van der Waals surface area (Å²) in [5.41, 5.74) is 5.93. The molecule has 0 saturated carbocycles. The van der Waals surface area contributed by atoms with E-state index >= 15 is 0 Å². The number of carbonyl (C=O) groups is 1. The molecule has 0 spiro atoms. The maximum absolute atomic E-state index is 13.0. The largest absolute Gasteiger partial charge is 0.358 e. The maximum atomic E-state index is 13.0. The SMILES string of the molecule is Cc1[nH]c2c(C)ccc(C)c2c1CC(=O)N1CCC(Cn2ccnc2)CC1. The zero-order valence-corrected chi connectivity index (χ0v) is 16.5. The van der Waals surface area contributed by atoms with Crippen LogP contribution < -0.4 is 0 Å². The van der Waals surface area contributed by atoms with Crippen molar-refractivity contribution in [3.05, 3.63) is 53.2 Å². The predicted octanol–water partition coefficient (Wildman–Crippen LogP) is 3.77. The van der Waals surface area contributed by atoms with Crippen LogP contribution in [0.1, 0.15) is 35.2 Å². The fraction of sp³-hybridized carbons (Fsp3) is 0.455. The summed E-state index contributed by atoms with van der Waals surface area (Å²) in [7, 11) is 0. The van der Waals surface area contributed by atoms with E-state index in [1.165, 1.54) is 22.0 Å². The summed E-state index contributed by atoms with van der Waals surface area (Å²) in [5, 5.41) is 1.23. The molecule has 0 unspecified atom stereocenters. The quantitative estimate of drug-likeness (QED) is 0.766. The molecule has 0 atom stereocenters. The number of fused-ring (bicyclic) bond motifs is 1. The topological polar surface area (TPSA) is 53.9 Å². The first kappa shape index (κ1) is 17.8. The van der Waals surface area contributed by atoms with Gasteiger partial charge in [0.25, 0.3) is 0 Å². The number of piperidine rings is 1. The normalized spacial score (nSPS) is 15.6. The first-order chi connectivity index (χ1) is 13.0. The number of nitrogens with zero attached hydrogens (tertiary/aromatic N) is 3. The van der Waals surface area contributed by atoms with Gasteiger partial charge in [0, 0.05) is 48.6 Å². The summed E-state index contributed by atoms with van der Waals surface area (Å²) >= 11 is 0. The summed E-state index contributed by atoms with van der Waals surface area (Å²) in [4.78, 5) is 22.6. The lowest BCUT2D eigenvalue weighted by atomic mass is 9.95. The van der Waals surface area contributed by atoms with Gasteiger partial charge in [-0.25, -0.2) is 4.98 Å². The Labute approximate surface area is 160 Å². The Morgan fingerprint density at radius 3 is 2.63 bits per heavy atom. The first-order valence-corrected chi connectivity index (χ1v) is 9.84. The van der Waals surface area contributed by atoms with Crippen LogP contribution in [0.4, 0.5) is 0 Å². The molecule has 142 valence electrons. The highest BCUT2D eigenvalue weighted by Crippen LogP contribution is 2.29. The minimum atomic E-state index is 0.251. The van der Waals surface area contributed by atoms with Crippen LogP contribution in [0.25, 0.3) is 10.9 Å². The fourth-order valence-corrected chi connectivity index (χ4v) is 4.35. The fourth-order valence-electron chi connectivity index (χ4n) is 4.35. The molecular weight excluding hydrogens is 336 g/mol. The van der Waals surface area contributed by atoms with Gasteiger partial charge in [-0.15, -0.1) is 0 Å². The lowest BCUT2D eigenvalue weighted by molar-refractivity contribution is -0.131. The minimum Gasteiger partial charge on any atom is -0.358 e. The van der Waals surface area contributed by atoms with Gasteiger partial charge in [-0.2, -0.15) is 0 Å². The maximum Gasteiger partial charge on any atom is 0.227 e. The molecule has 1 aliphatic rings. The van der Waals surface area contributed by atoms with E-state index < -0.39 is 0 Å². The van der Waals surface area contributed by atoms with Gasteiger partial charge in [0.05, 0.1) is 12.7 Å². The number of amides is 1. The Bertz CT molecular complexity index is 947. The van der Waals surface area contributed by atoms with Crippen molar-refractivity contribution < 1.29 is 4.79 Å². The Balaban J connectivity index is 1.44. The monoisotopic (exact) mass is 364 g/mol. The van der Waals surface area contributed by atoms with Crippen LogP contribution in [0.3, 0.4) is 0 Å². The molecule has 1 fully saturated rings. The van der Waals surface area contributed by atoms with Crippen LogP contribution in [-0.2, 0) is 17.8 Å². The molecule has 0 radical (unpaired) electrons. The van der Waals surface area contributed by atoms with Crippen LogP contribution in [0.15, 0.2) is 30.9 Å². The highest BCUT2D eigenvalue weighted by Gasteiger charge is 2.24. The van der Waals surface area contributed by atoms with Gasteiger partial charge in [0.2, 0.25) is 5.91 Å². The number of rotatable bonds is 4. The lowest BCUT2D eigenvalue weighted by Gasteiger charge is -2.32. The molecule has 3 aromatic rings. The number of imidazole rings is 1. The van der Waals surface area contributed by atoms with Crippen LogP contribution in [0, 0.1) is 26.7 Å². The van der Waals surface area contributed by atoms with E-state index in [1.807, 2.05) is 23.6 Å². The number of aryl methyl sites for hydroxylation is 3. The minimum absolute atomic E-state index is 0.251. The van der Waals surface area contributed by atoms with Crippen LogP contribution in [-0.4, -0.2) is 38.4 Å². The molecule has 2 aromatic heterocycles. The average molecular weight is 364 g/mol. The summed E-state index contributed by atoms with van der Waals surface area (Å²) < 4.78 is 2.14. The highest BCUT2D eigenvalue weighted by atomic mass is 16.2. The summed E-state index contributed by atoms with van der Waals surface area (Å²) in [6, 6.07) is 4.30. The molecule has 0 aliphatic carbocycles. The number of likely N-dealkylation sites (tertiary alicyclic amines) is 1. The van der Waals surface area contributed by atoms with Crippen molar-refractivity contribution >= 4 is 16.8 Å². The van der Waals surface area contributed by atoms with E-state index in [-0.39, 0.29) is 5.91 Å². The Hall–Kier alpha value is -2.56. The third-order valence-corrected chi connectivity index (χ3v) is 6.01. The second-order valence-corrected chi connectivity index (χ2v) is 7.94. The van der Waals surface area contributed by atoms with E-state index in [9.17, 15) is 4.79 Å². The Morgan fingerprint density at radius 1 is 1.19 bits per heavy atom. The van der Waals surface area contributed by atoms with Crippen LogP contribution in [0.2, 0.25) is 0 Å². The van der Waals surface area contributed by atoms with Crippen molar-refractivity contribution in [1.82, 2.24) is 19.4 Å². The number of hydrogen-bond donors (Lipinski definition) is 1. The molecule has 5 nitrogen and oxygen atoms in total. The number of nitrogens with one attached hydrogen (secondary N) is 1. The van der Waals surface area contributed by atoms with Crippen molar-refractivity contribution in [3.8, 4) is 0 Å². The van der Waals surface area contributed by atoms with E-state index in [2.05, 4.69) is 47.4 Å². The van der Waals surface area contributed by atoms with Crippen LogP contribution in [0.5, 0.6) is 0 Å². The van der Waals surface area contributed by atoms with E-state index in [4.69, 9.17) is 0 Å². The second kappa shape index (κ2) is 7.22. The van der Waals surface area contributed by atoms with Gasteiger partial charge in [-0.05, 0) is 56.2 Å². The van der Waals surface area contributed by atoms with E-state index in [1.54, 1.807) is 0 Å². The molecule has 1 amide bonds. The van der Waals surface area contributed by atoms with E-state index in [0.29, 0.717) is 12.3 Å². The third kappa shape index (κ3) is 3.51. The van der Waals surface area contributed by atoms with Crippen molar-refractivity contribution in [1.29, 1.82) is 0 Å². The number of aromatic nitrogens is 3. The predicted molar refractivity (Wildman–Crippen MR) is 108 cm³/mol. The van der Waals surface area contributed by atoms with Gasteiger partial charge in [0.1, 0.15) is 0 Å². The molecule has 1 aliphatic heterocycles. The van der Waals surface area contributed by atoms with Crippen molar-refractivity contribution in [2.24, 2.45) is 5.92 Å². The molecule has 0 bridgehead atoms. The standard InChI is InChI=1S/C22H28N4O/c1-15-4-5-16(2)22-21(15)19(17(3)24-22)12-20(27)26-9-6-18(7-10-26)13-25-11-8-23-14-25/h4-5,8,11,14,18,24H,6-7,9-10,12-13H2,1-3H3. The van der Waals surface area contributed by atoms with Gasteiger partial charge in [-0.1, -0.05) is 12.1 Å². The van der Waals surface area contributed by atoms with Crippen molar-refractivity contribution in [2.45, 2.75) is 46.6 Å². The number of carbonyl (C=O) groups excluding carboxylic acids is 1. The number of H-pyrrole nitrogens is 1. The molecule has 5 heteroatoms. The highest BCUT2D eigenvalue weighted by molar-refractivity contribution is 5.93. The number of benzene rings is 1. The Morgan fingerprint density at radius 2 is 1.93 bits per heavy atom. The lowest BCUT2D eigenvalue weighted by Crippen LogP contribution is -2.40. The molecular formula is C22H28N4O. The Kier molecular flexibility index (Phi) is 4.77. The van der Waals surface area contributed by atoms with Crippen molar-refractivity contribution in [3.63, 3.8) is 0 Å². The average Bonchev–Trinajstić information content (AvgIpc) is 3.28. The number of aromatic amines is 1. The van der Waals surface area contributed by atoms with Crippen LogP contribution >= 0.6 is 0 Å². The third-order valence-electron chi connectivity index (χ3n) is 6.01. The van der Waals surface area contributed by atoms with E-state index in [0.717, 1.165) is 43.7 Å². The van der Waals surface area contributed by atoms with Crippen molar-refractivity contribution in [2.75, 3.05) is 13.1 Å². The molecule has 4 rings (SSSR count). The first-order valence-electron chi connectivity index (χ1n) is 9.84. The van der Waals surface area contributed by atoms with Gasteiger partial charge in [-0.3, -0.25) is 4.79 Å².